The molecule has 2 aromatic rings. The van der Waals surface area contributed by atoms with Gasteiger partial charge in [0.1, 0.15) is 23.1 Å². The second kappa shape index (κ2) is 6.45. The quantitative estimate of drug-likeness (QED) is 0.852. The number of nitrogens with two attached hydrogens (primary N) is 1. The van der Waals surface area contributed by atoms with Crippen LogP contribution < -0.4 is 5.73 Å². The maximum absolute atomic E-state index is 9.42. The van der Waals surface area contributed by atoms with E-state index in [0.29, 0.717) is 29.1 Å². The Bertz CT molecular complexity index is 793. The molecule has 3 rings (SSSR count). The summed E-state index contributed by atoms with van der Waals surface area (Å²) in [6.07, 6.45) is 5.15. The molecule has 3 heterocycles. The van der Waals surface area contributed by atoms with Crippen LogP contribution in [0.5, 0.6) is 0 Å². The summed E-state index contributed by atoms with van der Waals surface area (Å²) < 4.78 is 0. The normalized spacial score (nSPS) is 17.3. The first-order valence-electron chi connectivity index (χ1n) is 7.61. The maximum atomic E-state index is 9.42. The van der Waals surface area contributed by atoms with Gasteiger partial charge in [-0.2, -0.15) is 5.26 Å². The van der Waals surface area contributed by atoms with Gasteiger partial charge in [0.05, 0.1) is 5.69 Å². The predicted molar refractivity (Wildman–Crippen MR) is 87.3 cm³/mol. The van der Waals surface area contributed by atoms with Crippen LogP contribution in [-0.4, -0.2) is 21.7 Å². The SMILES string of the molecule is N#CB1CCCC(c2nc(-c3ccccn3)nc(N)c2C#N)C1. The Morgan fingerprint density at radius 3 is 2.83 bits per heavy atom. The summed E-state index contributed by atoms with van der Waals surface area (Å²) in [6.45, 7) is 0.00906. The van der Waals surface area contributed by atoms with E-state index in [4.69, 9.17) is 5.73 Å². The lowest BCUT2D eigenvalue weighted by molar-refractivity contribution is 0.612. The zero-order valence-corrected chi connectivity index (χ0v) is 12.6. The van der Waals surface area contributed by atoms with Crippen molar-refractivity contribution in [2.75, 3.05) is 5.73 Å². The van der Waals surface area contributed by atoms with Crippen LogP contribution in [0.1, 0.15) is 30.0 Å². The highest BCUT2D eigenvalue weighted by Gasteiger charge is 2.30. The summed E-state index contributed by atoms with van der Waals surface area (Å²) in [5.74, 6) is 3.00. The lowest BCUT2D eigenvalue weighted by Gasteiger charge is -2.24. The first-order valence-corrected chi connectivity index (χ1v) is 7.61. The van der Waals surface area contributed by atoms with Crippen molar-refractivity contribution in [3.8, 4) is 23.6 Å². The monoisotopic (exact) mass is 302 g/mol. The van der Waals surface area contributed by atoms with Crippen LogP contribution in [0.25, 0.3) is 11.5 Å². The maximum Gasteiger partial charge on any atom is 0.268 e. The van der Waals surface area contributed by atoms with Crippen molar-refractivity contribution in [3.63, 3.8) is 0 Å². The molecule has 1 atom stereocenters. The Kier molecular flexibility index (Phi) is 4.21. The Morgan fingerprint density at radius 1 is 1.26 bits per heavy atom. The minimum Gasteiger partial charge on any atom is -0.382 e. The van der Waals surface area contributed by atoms with Crippen LogP contribution in [0.15, 0.2) is 24.4 Å². The van der Waals surface area contributed by atoms with E-state index >= 15 is 0 Å². The fourth-order valence-electron chi connectivity index (χ4n) is 3.07. The van der Waals surface area contributed by atoms with Crippen LogP contribution in [-0.2, 0) is 0 Å². The number of aromatic nitrogens is 3. The van der Waals surface area contributed by atoms with Crippen LogP contribution >= 0.6 is 0 Å². The molecule has 1 aliphatic rings. The van der Waals surface area contributed by atoms with Gasteiger partial charge < -0.3 is 5.73 Å². The minimum absolute atomic E-state index is 0.00906. The highest BCUT2D eigenvalue weighted by molar-refractivity contribution is 6.67. The number of anilines is 1. The molecule has 2 aromatic heterocycles. The van der Waals surface area contributed by atoms with E-state index in [0.717, 1.165) is 19.2 Å². The van der Waals surface area contributed by atoms with Crippen LogP contribution in [0.4, 0.5) is 5.82 Å². The standard InChI is InChI=1S/C16H15BN6/c18-9-12-14(11-4-3-6-17(8-11)10-19)22-16(23-15(12)20)13-5-1-2-7-21-13/h1-2,5,7,11H,3-4,6,8H2,(H2,20,22,23). The third-order valence-corrected chi connectivity index (χ3v) is 4.21. The Hall–Kier alpha value is -2.93. The van der Waals surface area contributed by atoms with Crippen LogP contribution in [0, 0.1) is 22.6 Å². The van der Waals surface area contributed by atoms with Gasteiger partial charge in [0.2, 0.25) is 0 Å². The lowest BCUT2D eigenvalue weighted by atomic mass is 9.40. The third kappa shape index (κ3) is 3.00. The van der Waals surface area contributed by atoms with Gasteiger partial charge in [0.15, 0.2) is 5.82 Å². The summed E-state index contributed by atoms with van der Waals surface area (Å²) in [4.78, 5) is 13.1. The highest BCUT2D eigenvalue weighted by atomic mass is 15.0. The fourth-order valence-corrected chi connectivity index (χ4v) is 3.07. The van der Waals surface area contributed by atoms with E-state index in [1.807, 2.05) is 18.2 Å². The van der Waals surface area contributed by atoms with E-state index in [2.05, 4.69) is 27.0 Å². The van der Waals surface area contributed by atoms with Crippen molar-refractivity contribution in [2.45, 2.75) is 31.4 Å². The van der Waals surface area contributed by atoms with Gasteiger partial charge in [-0.05, 0) is 24.5 Å². The van der Waals surface area contributed by atoms with Gasteiger partial charge in [-0.15, -0.1) is 0 Å². The molecule has 1 saturated heterocycles. The second-order valence-corrected chi connectivity index (χ2v) is 5.71. The van der Waals surface area contributed by atoms with E-state index in [-0.39, 0.29) is 18.4 Å². The number of nitriles is 2. The topological polar surface area (TPSA) is 112 Å². The van der Waals surface area contributed by atoms with E-state index in [9.17, 15) is 10.5 Å². The number of hydrogen-bond acceptors (Lipinski definition) is 6. The van der Waals surface area contributed by atoms with Gasteiger partial charge in [-0.1, -0.05) is 25.1 Å². The fraction of sp³-hybridized carbons (Fsp3) is 0.312. The predicted octanol–water partition coefficient (Wildman–Crippen LogP) is 2.43. The highest BCUT2D eigenvalue weighted by Crippen LogP contribution is 2.35. The summed E-state index contributed by atoms with van der Waals surface area (Å²) in [5, 5.41) is 18.6. The van der Waals surface area contributed by atoms with E-state index in [1.54, 1.807) is 6.20 Å². The van der Waals surface area contributed by atoms with Crippen molar-refractivity contribution < 1.29 is 0 Å². The Labute approximate surface area is 135 Å². The van der Waals surface area contributed by atoms with Crippen molar-refractivity contribution in [1.29, 1.82) is 10.5 Å². The van der Waals surface area contributed by atoms with Crippen LogP contribution in [0.3, 0.4) is 0 Å². The Balaban J connectivity index is 2.06. The average Bonchev–Trinajstić information content (AvgIpc) is 2.61. The first-order chi connectivity index (χ1) is 11.2. The molecule has 0 amide bonds. The molecule has 1 aliphatic heterocycles. The summed E-state index contributed by atoms with van der Waals surface area (Å²) >= 11 is 0. The van der Waals surface area contributed by atoms with Crippen molar-refractivity contribution >= 4 is 12.5 Å². The van der Waals surface area contributed by atoms with Gasteiger partial charge in [0, 0.05) is 12.2 Å². The zero-order valence-electron chi connectivity index (χ0n) is 12.6. The number of nitrogen functional groups attached to an aromatic ring is 1. The average molecular weight is 302 g/mol. The van der Waals surface area contributed by atoms with Gasteiger partial charge in [-0.3, -0.25) is 4.98 Å². The molecule has 0 radical (unpaired) electrons. The van der Waals surface area contributed by atoms with Gasteiger partial charge in [-0.25, -0.2) is 15.2 Å². The summed E-state index contributed by atoms with van der Waals surface area (Å²) in [5.41, 5.74) is 7.58. The molecule has 0 spiro atoms. The van der Waals surface area contributed by atoms with Crippen LogP contribution in [0.2, 0.25) is 12.6 Å². The number of pyridine rings is 1. The zero-order chi connectivity index (χ0) is 16.2. The minimum atomic E-state index is 0.00906. The smallest absolute Gasteiger partial charge is 0.268 e. The van der Waals surface area contributed by atoms with Crippen molar-refractivity contribution in [3.05, 3.63) is 35.7 Å². The number of nitrogens with zero attached hydrogens (tertiary/aromatic N) is 5. The third-order valence-electron chi connectivity index (χ3n) is 4.21. The molecular weight excluding hydrogens is 287 g/mol. The van der Waals surface area contributed by atoms with Gasteiger partial charge in [0.25, 0.3) is 6.71 Å². The first kappa shape index (κ1) is 15.0. The molecular formula is C16H15BN6. The largest absolute Gasteiger partial charge is 0.382 e. The molecule has 23 heavy (non-hydrogen) atoms. The summed E-state index contributed by atoms with van der Waals surface area (Å²) in [7, 11) is 0. The molecule has 6 nitrogen and oxygen atoms in total. The number of rotatable bonds is 2. The molecule has 1 unspecified atom stereocenters. The molecule has 112 valence electrons. The number of hydrogen-bond donors (Lipinski definition) is 1. The second-order valence-electron chi connectivity index (χ2n) is 5.71. The summed E-state index contributed by atoms with van der Waals surface area (Å²) in [6, 6.07) is 7.60. The van der Waals surface area contributed by atoms with Crippen molar-refractivity contribution in [2.24, 2.45) is 0 Å². The van der Waals surface area contributed by atoms with E-state index < -0.39 is 0 Å². The molecule has 1 fully saturated rings. The Morgan fingerprint density at radius 2 is 2.13 bits per heavy atom. The van der Waals surface area contributed by atoms with Crippen molar-refractivity contribution in [1.82, 2.24) is 15.0 Å². The van der Waals surface area contributed by atoms with E-state index in [1.165, 1.54) is 0 Å². The molecule has 0 aliphatic carbocycles. The molecule has 0 aromatic carbocycles. The lowest BCUT2D eigenvalue weighted by Crippen LogP contribution is -2.22. The molecule has 2 N–H and O–H groups in total. The molecule has 7 heteroatoms. The molecule has 0 saturated carbocycles. The molecule has 0 bridgehead atoms. The van der Waals surface area contributed by atoms with Gasteiger partial charge >= 0.3 is 0 Å².